The highest BCUT2D eigenvalue weighted by Gasteiger charge is 2.31. The van der Waals surface area contributed by atoms with Gasteiger partial charge in [0.25, 0.3) is 0 Å². The van der Waals surface area contributed by atoms with Crippen molar-refractivity contribution in [2.45, 2.75) is 50.8 Å². The Morgan fingerprint density at radius 3 is 1.71 bits per heavy atom. The first-order valence-corrected chi connectivity index (χ1v) is 7.96. The van der Waals surface area contributed by atoms with Crippen LogP contribution in [0.4, 0.5) is 0 Å². The van der Waals surface area contributed by atoms with Gasteiger partial charge in [0.05, 0.1) is 5.38 Å². The van der Waals surface area contributed by atoms with Crippen molar-refractivity contribution in [2.75, 3.05) is 0 Å². The number of rotatable bonds is 3. The minimum absolute atomic E-state index is 0.0473. The largest absolute Gasteiger partial charge is 0.117 e. The van der Waals surface area contributed by atoms with Gasteiger partial charge in [0.1, 0.15) is 0 Å². The average molecular weight is 301 g/mol. The number of hydrogen-bond donors (Lipinski definition) is 0. The van der Waals surface area contributed by atoms with Gasteiger partial charge in [-0.2, -0.15) is 0 Å². The summed E-state index contributed by atoms with van der Waals surface area (Å²) in [5.74, 6) is 0. The van der Waals surface area contributed by atoms with Crippen LogP contribution in [0.2, 0.25) is 0 Å². The van der Waals surface area contributed by atoms with E-state index in [0.29, 0.717) is 0 Å². The Balaban J connectivity index is 2.29. The summed E-state index contributed by atoms with van der Waals surface area (Å²) < 4.78 is 0. The zero-order valence-corrected chi connectivity index (χ0v) is 14.4. The second kappa shape index (κ2) is 5.85. The van der Waals surface area contributed by atoms with E-state index in [0.717, 1.165) is 0 Å². The molecular weight excluding hydrogens is 276 g/mol. The highest BCUT2D eigenvalue weighted by atomic mass is 35.5. The molecule has 2 rings (SSSR count). The summed E-state index contributed by atoms with van der Waals surface area (Å²) in [6.07, 6.45) is 0. The molecule has 0 spiro atoms. The lowest BCUT2D eigenvalue weighted by atomic mass is 9.78. The molecule has 1 unspecified atom stereocenters. The molecular formula is C20H25Cl. The van der Waals surface area contributed by atoms with Gasteiger partial charge in [-0.3, -0.25) is 0 Å². The van der Waals surface area contributed by atoms with E-state index in [-0.39, 0.29) is 16.2 Å². The van der Waals surface area contributed by atoms with Crippen LogP contribution in [-0.4, -0.2) is 0 Å². The second-order valence-electron chi connectivity index (χ2n) is 7.32. The van der Waals surface area contributed by atoms with Crippen molar-refractivity contribution in [1.82, 2.24) is 0 Å². The summed E-state index contributed by atoms with van der Waals surface area (Å²) >= 11 is 6.80. The molecule has 0 fully saturated rings. The van der Waals surface area contributed by atoms with Crippen molar-refractivity contribution in [3.05, 3.63) is 71.3 Å². The quantitative estimate of drug-likeness (QED) is 0.588. The van der Waals surface area contributed by atoms with Gasteiger partial charge in [-0.25, -0.2) is 0 Å². The van der Waals surface area contributed by atoms with E-state index < -0.39 is 0 Å². The molecule has 0 aliphatic rings. The molecule has 21 heavy (non-hydrogen) atoms. The summed E-state index contributed by atoms with van der Waals surface area (Å²) in [7, 11) is 0. The van der Waals surface area contributed by atoms with Crippen molar-refractivity contribution < 1.29 is 0 Å². The van der Waals surface area contributed by atoms with Gasteiger partial charge < -0.3 is 0 Å². The van der Waals surface area contributed by atoms with Gasteiger partial charge in [0, 0.05) is 5.41 Å². The van der Waals surface area contributed by atoms with Crippen LogP contribution in [0.15, 0.2) is 54.6 Å². The molecule has 0 nitrogen and oxygen atoms in total. The highest BCUT2D eigenvalue weighted by molar-refractivity contribution is 6.21. The molecule has 0 saturated carbocycles. The van der Waals surface area contributed by atoms with Gasteiger partial charge in [0.15, 0.2) is 0 Å². The smallest absolute Gasteiger partial charge is 0.0676 e. The third kappa shape index (κ3) is 3.49. The molecule has 0 aliphatic carbocycles. The van der Waals surface area contributed by atoms with Gasteiger partial charge in [-0.1, -0.05) is 89.2 Å². The summed E-state index contributed by atoms with van der Waals surface area (Å²) in [4.78, 5) is 0. The topological polar surface area (TPSA) is 0 Å². The second-order valence-corrected chi connectivity index (χ2v) is 7.76. The molecule has 0 amide bonds. The van der Waals surface area contributed by atoms with Gasteiger partial charge in [-0.15, -0.1) is 11.6 Å². The SMILES string of the molecule is CC(C)(C)c1ccc(C(Cl)C(C)(C)c2ccccc2)cc1. The van der Waals surface area contributed by atoms with Crippen molar-refractivity contribution in [3.63, 3.8) is 0 Å². The maximum absolute atomic E-state index is 6.80. The number of halogens is 1. The van der Waals surface area contributed by atoms with E-state index in [2.05, 4.69) is 83.1 Å². The third-order valence-corrected chi connectivity index (χ3v) is 5.02. The van der Waals surface area contributed by atoms with Crippen LogP contribution in [0.5, 0.6) is 0 Å². The van der Waals surface area contributed by atoms with Crippen LogP contribution in [-0.2, 0) is 10.8 Å². The number of benzene rings is 2. The van der Waals surface area contributed by atoms with Gasteiger partial charge in [-0.05, 0) is 22.1 Å². The molecule has 0 heterocycles. The minimum Gasteiger partial charge on any atom is -0.117 e. The fourth-order valence-corrected chi connectivity index (χ4v) is 2.85. The van der Waals surface area contributed by atoms with E-state index in [4.69, 9.17) is 11.6 Å². The van der Waals surface area contributed by atoms with E-state index in [1.54, 1.807) is 0 Å². The predicted octanol–water partition coefficient (Wildman–Crippen LogP) is 6.24. The predicted molar refractivity (Wildman–Crippen MR) is 93.2 cm³/mol. The summed E-state index contributed by atoms with van der Waals surface area (Å²) in [5, 5.41) is -0.0473. The summed E-state index contributed by atoms with van der Waals surface area (Å²) in [6, 6.07) is 19.2. The highest BCUT2D eigenvalue weighted by Crippen LogP contribution is 2.41. The molecule has 0 aliphatic heterocycles. The van der Waals surface area contributed by atoms with Crippen LogP contribution >= 0.6 is 11.6 Å². The first kappa shape index (κ1) is 16.1. The van der Waals surface area contributed by atoms with Crippen molar-refractivity contribution in [3.8, 4) is 0 Å². The maximum Gasteiger partial charge on any atom is 0.0676 e. The van der Waals surface area contributed by atoms with E-state index in [9.17, 15) is 0 Å². The molecule has 1 atom stereocenters. The lowest BCUT2D eigenvalue weighted by molar-refractivity contribution is 0.504. The van der Waals surface area contributed by atoms with Crippen molar-refractivity contribution in [2.24, 2.45) is 0 Å². The lowest BCUT2D eigenvalue weighted by Crippen LogP contribution is -2.23. The van der Waals surface area contributed by atoms with Crippen LogP contribution in [0.25, 0.3) is 0 Å². The Bertz CT molecular complexity index is 573. The molecule has 1 heteroatoms. The molecule has 2 aromatic carbocycles. The van der Waals surface area contributed by atoms with Crippen molar-refractivity contribution in [1.29, 1.82) is 0 Å². The number of alkyl halides is 1. The maximum atomic E-state index is 6.80. The standard InChI is InChI=1S/C20H25Cl/c1-19(2,3)16-13-11-15(12-14-16)18(21)20(4,5)17-9-7-6-8-10-17/h6-14,18H,1-5H3. The van der Waals surface area contributed by atoms with E-state index >= 15 is 0 Å². The number of hydrogen-bond acceptors (Lipinski definition) is 0. The third-order valence-electron chi connectivity index (χ3n) is 4.22. The molecule has 0 bridgehead atoms. The fourth-order valence-electron chi connectivity index (χ4n) is 2.58. The van der Waals surface area contributed by atoms with Crippen LogP contribution in [0.3, 0.4) is 0 Å². The Labute approximate surface area is 134 Å². The molecule has 0 aromatic heterocycles. The Morgan fingerprint density at radius 1 is 0.714 bits per heavy atom. The van der Waals surface area contributed by atoms with Crippen LogP contribution in [0.1, 0.15) is 56.7 Å². The Hall–Kier alpha value is -1.27. The monoisotopic (exact) mass is 300 g/mol. The molecule has 0 N–H and O–H groups in total. The summed E-state index contributed by atoms with van der Waals surface area (Å²) in [6.45, 7) is 11.1. The minimum atomic E-state index is -0.105. The van der Waals surface area contributed by atoms with Gasteiger partial charge in [0.2, 0.25) is 0 Å². The first-order valence-electron chi connectivity index (χ1n) is 7.53. The normalized spacial score (nSPS) is 14.0. The first-order chi connectivity index (χ1) is 9.73. The molecule has 0 saturated heterocycles. The van der Waals surface area contributed by atoms with Gasteiger partial charge >= 0.3 is 0 Å². The van der Waals surface area contributed by atoms with E-state index in [1.807, 2.05) is 6.07 Å². The van der Waals surface area contributed by atoms with E-state index in [1.165, 1.54) is 16.7 Å². The van der Waals surface area contributed by atoms with Crippen LogP contribution < -0.4 is 0 Å². The zero-order chi connectivity index (χ0) is 15.7. The molecule has 2 aromatic rings. The fraction of sp³-hybridized carbons (Fsp3) is 0.400. The molecule has 0 radical (unpaired) electrons. The Kier molecular flexibility index (Phi) is 4.49. The van der Waals surface area contributed by atoms with Crippen LogP contribution in [0, 0.1) is 0 Å². The lowest BCUT2D eigenvalue weighted by Gasteiger charge is -2.31. The zero-order valence-electron chi connectivity index (χ0n) is 13.7. The molecule has 112 valence electrons. The summed E-state index contributed by atoms with van der Waals surface area (Å²) in [5.41, 5.74) is 3.86. The average Bonchev–Trinajstić information content (AvgIpc) is 2.46. The van der Waals surface area contributed by atoms with Crippen molar-refractivity contribution >= 4 is 11.6 Å². The Morgan fingerprint density at radius 2 is 1.24 bits per heavy atom.